The standard InChI is InChI=1S/C27H35N3O3/c31-21-24-9-8-23(33-24)20-29-13-10-27(11-14-29)19-25(27)26(32)30-17-15-28(16-18-30)12-4-7-22-5-2-1-3-6-22/h1-9,25,31H,10-21H2/b7-4+. The minimum Gasteiger partial charge on any atom is -0.462 e. The minimum atomic E-state index is -0.0500. The molecule has 6 nitrogen and oxygen atoms in total. The van der Waals surface area contributed by atoms with Crippen LogP contribution in [0.1, 0.15) is 36.3 Å². The first-order valence-electron chi connectivity index (χ1n) is 12.3. The SMILES string of the molecule is O=C(C1CC12CCN(Cc1ccc(CO)o1)CC2)N1CCN(C/C=C/c2ccccc2)CC1. The van der Waals surface area contributed by atoms with Crippen molar-refractivity contribution in [2.75, 3.05) is 45.8 Å². The van der Waals surface area contributed by atoms with Crippen molar-refractivity contribution in [1.82, 2.24) is 14.7 Å². The molecule has 1 N–H and O–H groups in total. The third kappa shape index (κ3) is 5.24. The Labute approximate surface area is 196 Å². The molecule has 33 heavy (non-hydrogen) atoms. The van der Waals surface area contributed by atoms with Crippen LogP contribution in [0.3, 0.4) is 0 Å². The van der Waals surface area contributed by atoms with Crippen LogP contribution < -0.4 is 0 Å². The zero-order valence-corrected chi connectivity index (χ0v) is 19.4. The van der Waals surface area contributed by atoms with Crippen molar-refractivity contribution < 1.29 is 14.3 Å². The fourth-order valence-corrected chi connectivity index (χ4v) is 5.49. The molecule has 3 aliphatic rings. The Kier molecular flexibility index (Phi) is 6.67. The smallest absolute Gasteiger partial charge is 0.226 e. The molecule has 2 aromatic rings. The second-order valence-corrected chi connectivity index (χ2v) is 9.86. The summed E-state index contributed by atoms with van der Waals surface area (Å²) in [4.78, 5) is 20.1. The van der Waals surface area contributed by atoms with E-state index in [2.05, 4.69) is 51.1 Å². The molecule has 176 valence electrons. The van der Waals surface area contributed by atoms with Crippen molar-refractivity contribution in [1.29, 1.82) is 0 Å². The molecule has 3 heterocycles. The van der Waals surface area contributed by atoms with E-state index < -0.39 is 0 Å². The largest absolute Gasteiger partial charge is 0.462 e. The Morgan fingerprint density at radius 2 is 1.70 bits per heavy atom. The third-order valence-electron chi connectivity index (χ3n) is 7.75. The number of likely N-dealkylation sites (tertiary alicyclic amines) is 1. The Morgan fingerprint density at radius 3 is 2.39 bits per heavy atom. The summed E-state index contributed by atoms with van der Waals surface area (Å²) in [6.45, 7) is 7.32. The molecule has 1 aliphatic carbocycles. The Morgan fingerprint density at radius 1 is 0.970 bits per heavy atom. The van der Waals surface area contributed by atoms with Gasteiger partial charge in [0.05, 0.1) is 6.54 Å². The highest BCUT2D eigenvalue weighted by atomic mass is 16.4. The molecule has 1 saturated carbocycles. The van der Waals surface area contributed by atoms with Gasteiger partial charge in [0.25, 0.3) is 0 Å². The van der Waals surface area contributed by atoms with Gasteiger partial charge >= 0.3 is 0 Å². The van der Waals surface area contributed by atoms with E-state index in [0.717, 1.165) is 77.4 Å². The minimum absolute atomic E-state index is 0.0500. The molecule has 6 heteroatoms. The maximum atomic E-state index is 13.2. The first-order chi connectivity index (χ1) is 16.1. The quantitative estimate of drug-likeness (QED) is 0.703. The van der Waals surface area contributed by atoms with E-state index in [1.807, 2.05) is 18.2 Å². The molecule has 1 spiro atoms. The monoisotopic (exact) mass is 449 g/mol. The van der Waals surface area contributed by atoms with Gasteiger partial charge in [-0.15, -0.1) is 0 Å². The summed E-state index contributed by atoms with van der Waals surface area (Å²) in [5, 5.41) is 9.17. The molecule has 0 radical (unpaired) electrons. The van der Waals surface area contributed by atoms with Crippen LogP contribution in [0.15, 0.2) is 53.0 Å². The van der Waals surface area contributed by atoms with Crippen LogP contribution in [0, 0.1) is 11.3 Å². The number of carbonyl (C=O) groups is 1. The van der Waals surface area contributed by atoms with Crippen LogP contribution in [0.2, 0.25) is 0 Å². The van der Waals surface area contributed by atoms with E-state index in [9.17, 15) is 4.79 Å². The summed E-state index contributed by atoms with van der Waals surface area (Å²) in [5.41, 5.74) is 1.47. The van der Waals surface area contributed by atoms with Gasteiger partial charge in [-0.05, 0) is 55.5 Å². The van der Waals surface area contributed by atoms with E-state index >= 15 is 0 Å². The van der Waals surface area contributed by atoms with Gasteiger partial charge in [-0.2, -0.15) is 0 Å². The van der Waals surface area contributed by atoms with E-state index in [4.69, 9.17) is 9.52 Å². The number of hydrogen-bond donors (Lipinski definition) is 1. The zero-order chi connectivity index (χ0) is 22.7. The second kappa shape index (κ2) is 9.84. The third-order valence-corrected chi connectivity index (χ3v) is 7.75. The van der Waals surface area contributed by atoms with Crippen molar-refractivity contribution in [3.05, 3.63) is 65.6 Å². The molecule has 1 unspecified atom stereocenters. The number of rotatable bonds is 7. The number of aliphatic hydroxyl groups is 1. The van der Waals surface area contributed by atoms with E-state index in [-0.39, 0.29) is 17.9 Å². The molecule has 3 fully saturated rings. The average molecular weight is 450 g/mol. The molecule has 1 aromatic heterocycles. The average Bonchev–Trinajstić information content (AvgIpc) is 3.36. The topological polar surface area (TPSA) is 60.2 Å². The van der Waals surface area contributed by atoms with Crippen LogP contribution in [0.4, 0.5) is 0 Å². The number of carbonyl (C=O) groups excluding carboxylic acids is 1. The summed E-state index contributed by atoms with van der Waals surface area (Å²) >= 11 is 0. The summed E-state index contributed by atoms with van der Waals surface area (Å²) in [5.74, 6) is 2.16. The molecule has 0 bridgehead atoms. The summed E-state index contributed by atoms with van der Waals surface area (Å²) in [6.07, 6.45) is 7.66. The number of furan rings is 1. The highest BCUT2D eigenvalue weighted by molar-refractivity contribution is 5.83. The number of aliphatic hydroxyl groups excluding tert-OH is 1. The first-order valence-corrected chi connectivity index (χ1v) is 12.3. The van der Waals surface area contributed by atoms with Crippen LogP contribution in [0.25, 0.3) is 6.08 Å². The Hall–Kier alpha value is -2.41. The summed E-state index contributed by atoms with van der Waals surface area (Å²) < 4.78 is 5.64. The maximum absolute atomic E-state index is 13.2. The van der Waals surface area contributed by atoms with Crippen LogP contribution in [-0.2, 0) is 17.9 Å². The van der Waals surface area contributed by atoms with Gasteiger partial charge in [0.15, 0.2) is 0 Å². The molecular formula is C27H35N3O3. The zero-order valence-electron chi connectivity index (χ0n) is 19.4. The molecular weight excluding hydrogens is 414 g/mol. The number of amides is 1. The van der Waals surface area contributed by atoms with Gasteiger partial charge in [0, 0.05) is 38.6 Å². The van der Waals surface area contributed by atoms with Crippen molar-refractivity contribution in [2.45, 2.75) is 32.4 Å². The molecule has 1 aromatic carbocycles. The Bertz CT molecular complexity index is 954. The molecule has 2 saturated heterocycles. The van der Waals surface area contributed by atoms with E-state index in [0.29, 0.717) is 11.7 Å². The van der Waals surface area contributed by atoms with Crippen LogP contribution in [0.5, 0.6) is 0 Å². The molecule has 2 aliphatic heterocycles. The van der Waals surface area contributed by atoms with Crippen molar-refractivity contribution in [2.24, 2.45) is 11.3 Å². The number of benzene rings is 1. The predicted octanol–water partition coefficient (Wildman–Crippen LogP) is 3.23. The molecule has 5 rings (SSSR count). The molecule has 1 amide bonds. The number of piperidine rings is 1. The second-order valence-electron chi connectivity index (χ2n) is 9.86. The number of hydrogen-bond acceptors (Lipinski definition) is 5. The van der Waals surface area contributed by atoms with Gasteiger partial charge in [-0.1, -0.05) is 42.5 Å². The summed E-state index contributed by atoms with van der Waals surface area (Å²) in [6, 6.07) is 14.2. The predicted molar refractivity (Wildman–Crippen MR) is 128 cm³/mol. The lowest BCUT2D eigenvalue weighted by atomic mass is 9.90. The maximum Gasteiger partial charge on any atom is 0.226 e. The lowest BCUT2D eigenvalue weighted by Crippen LogP contribution is -2.49. The van der Waals surface area contributed by atoms with Gasteiger partial charge in [-0.25, -0.2) is 0 Å². The van der Waals surface area contributed by atoms with E-state index in [1.165, 1.54) is 5.56 Å². The van der Waals surface area contributed by atoms with Gasteiger partial charge in [0.1, 0.15) is 18.1 Å². The fourth-order valence-electron chi connectivity index (χ4n) is 5.49. The normalized spacial score (nSPS) is 23.4. The van der Waals surface area contributed by atoms with Crippen molar-refractivity contribution in [3.8, 4) is 0 Å². The number of nitrogens with zero attached hydrogens (tertiary/aromatic N) is 3. The molecule has 1 atom stereocenters. The van der Waals surface area contributed by atoms with Gasteiger partial charge in [-0.3, -0.25) is 14.6 Å². The van der Waals surface area contributed by atoms with Crippen molar-refractivity contribution >= 4 is 12.0 Å². The van der Waals surface area contributed by atoms with Crippen LogP contribution >= 0.6 is 0 Å². The number of piperazine rings is 1. The van der Waals surface area contributed by atoms with Crippen molar-refractivity contribution in [3.63, 3.8) is 0 Å². The van der Waals surface area contributed by atoms with Crippen LogP contribution in [-0.4, -0.2) is 71.5 Å². The highest BCUT2D eigenvalue weighted by Gasteiger charge is 2.59. The summed E-state index contributed by atoms with van der Waals surface area (Å²) in [7, 11) is 0. The lowest BCUT2D eigenvalue weighted by Gasteiger charge is -2.36. The highest BCUT2D eigenvalue weighted by Crippen LogP contribution is 2.60. The van der Waals surface area contributed by atoms with E-state index in [1.54, 1.807) is 0 Å². The van der Waals surface area contributed by atoms with Gasteiger partial charge < -0.3 is 14.4 Å². The first kappa shape index (κ1) is 22.4. The van der Waals surface area contributed by atoms with Gasteiger partial charge in [0.2, 0.25) is 5.91 Å². The fraction of sp³-hybridized carbons (Fsp3) is 0.519. The Balaban J connectivity index is 1.04. The lowest BCUT2D eigenvalue weighted by molar-refractivity contribution is -0.135.